The summed E-state index contributed by atoms with van der Waals surface area (Å²) < 4.78 is 0. The van der Waals surface area contributed by atoms with Crippen LogP contribution in [0.1, 0.15) is 55.0 Å². The third-order valence-electron chi connectivity index (χ3n) is 4.27. The molecule has 1 heterocycles. The Hall–Kier alpha value is -2.94. The molecule has 1 atom stereocenters. The van der Waals surface area contributed by atoms with Gasteiger partial charge in [0.05, 0.1) is 0 Å². The fourth-order valence-electron chi connectivity index (χ4n) is 2.44. The fourth-order valence-corrected chi connectivity index (χ4v) is 3.34. The maximum atomic E-state index is 12.3. The number of amides is 3. The highest BCUT2D eigenvalue weighted by molar-refractivity contribution is 7.98. The number of thioether (sulfide) groups is 1. The third kappa shape index (κ3) is 7.67. The molecule has 0 aliphatic carbocycles. The molecule has 1 aromatic carbocycles. The Morgan fingerprint density at radius 1 is 1.00 bits per heavy atom. The molecule has 166 valence electrons. The Labute approximate surface area is 187 Å². The smallest absolute Gasteiger partial charge is 0.269 e. The van der Waals surface area contributed by atoms with Gasteiger partial charge in [-0.3, -0.25) is 25.2 Å². The number of carbonyl (C=O) groups is 3. The second-order valence-electron chi connectivity index (χ2n) is 8.31. The number of aryl methyl sites for hydroxylation is 2. The second kappa shape index (κ2) is 10.4. The van der Waals surface area contributed by atoms with E-state index in [9.17, 15) is 14.4 Å². The fraction of sp³-hybridized carbons (Fsp3) is 0.409. The molecule has 0 radical (unpaired) electrons. The minimum absolute atomic E-state index is 0.249. The van der Waals surface area contributed by atoms with Crippen LogP contribution in [0.25, 0.3) is 0 Å². The number of rotatable bonds is 6. The average molecular weight is 444 g/mol. The summed E-state index contributed by atoms with van der Waals surface area (Å²) in [7, 11) is 0. The van der Waals surface area contributed by atoms with Crippen molar-refractivity contribution in [2.24, 2.45) is 5.41 Å². The van der Waals surface area contributed by atoms with Gasteiger partial charge in [0.1, 0.15) is 6.04 Å². The first-order chi connectivity index (χ1) is 14.5. The number of hydrogen-bond acceptors (Lipinski definition) is 6. The van der Waals surface area contributed by atoms with E-state index >= 15 is 0 Å². The van der Waals surface area contributed by atoms with Crippen LogP contribution in [0.4, 0.5) is 0 Å². The van der Waals surface area contributed by atoms with E-state index < -0.39 is 23.3 Å². The van der Waals surface area contributed by atoms with Crippen molar-refractivity contribution in [2.45, 2.75) is 58.5 Å². The molecule has 9 heteroatoms. The van der Waals surface area contributed by atoms with Crippen molar-refractivity contribution in [1.29, 1.82) is 0 Å². The van der Waals surface area contributed by atoms with Crippen LogP contribution in [0.3, 0.4) is 0 Å². The number of aromatic nitrogens is 2. The van der Waals surface area contributed by atoms with E-state index in [4.69, 9.17) is 0 Å². The normalized spacial score (nSPS) is 12.1. The molecule has 3 N–H and O–H groups in total. The van der Waals surface area contributed by atoms with Crippen LogP contribution in [0.15, 0.2) is 35.5 Å². The van der Waals surface area contributed by atoms with Gasteiger partial charge in [0.15, 0.2) is 5.16 Å². The largest absolute Gasteiger partial charge is 0.344 e. The van der Waals surface area contributed by atoms with E-state index in [1.807, 2.05) is 32.0 Å². The molecule has 2 rings (SSSR count). The number of benzene rings is 1. The number of hydrazine groups is 1. The van der Waals surface area contributed by atoms with Gasteiger partial charge in [0.2, 0.25) is 5.91 Å². The topological polar surface area (TPSA) is 113 Å². The van der Waals surface area contributed by atoms with Crippen LogP contribution in [-0.2, 0) is 15.3 Å². The Bertz CT molecular complexity index is 934. The van der Waals surface area contributed by atoms with Gasteiger partial charge in [-0.05, 0) is 44.5 Å². The highest BCUT2D eigenvalue weighted by Gasteiger charge is 2.25. The summed E-state index contributed by atoms with van der Waals surface area (Å²) in [6, 6.07) is 8.21. The van der Waals surface area contributed by atoms with E-state index in [0.717, 1.165) is 22.1 Å². The first-order valence-electron chi connectivity index (χ1n) is 9.91. The average Bonchev–Trinajstić information content (AvgIpc) is 2.69. The first kappa shape index (κ1) is 24.3. The number of hydrogen-bond donors (Lipinski definition) is 3. The molecule has 0 saturated heterocycles. The summed E-state index contributed by atoms with van der Waals surface area (Å²) in [6.45, 7) is 10.7. The lowest BCUT2D eigenvalue weighted by Crippen LogP contribution is -2.52. The molecule has 2 aromatic rings. The summed E-state index contributed by atoms with van der Waals surface area (Å²) in [5, 5.41) is 3.33. The lowest BCUT2D eigenvalue weighted by Gasteiger charge is -2.21. The Kier molecular flexibility index (Phi) is 8.15. The molecule has 31 heavy (non-hydrogen) atoms. The summed E-state index contributed by atoms with van der Waals surface area (Å²) in [5.41, 5.74) is 7.37. The third-order valence-corrected chi connectivity index (χ3v) is 5.19. The molecule has 0 saturated carbocycles. The van der Waals surface area contributed by atoms with Gasteiger partial charge in [-0.1, -0.05) is 44.7 Å². The molecular formula is C22H29N5O3S. The van der Waals surface area contributed by atoms with E-state index in [2.05, 4.69) is 26.1 Å². The predicted molar refractivity (Wildman–Crippen MR) is 120 cm³/mol. The van der Waals surface area contributed by atoms with Gasteiger partial charge >= 0.3 is 0 Å². The minimum Gasteiger partial charge on any atom is -0.344 e. The van der Waals surface area contributed by atoms with Crippen LogP contribution in [0, 0.1) is 19.3 Å². The van der Waals surface area contributed by atoms with Gasteiger partial charge in [-0.25, -0.2) is 9.97 Å². The van der Waals surface area contributed by atoms with Gasteiger partial charge in [-0.15, -0.1) is 0 Å². The van der Waals surface area contributed by atoms with Crippen LogP contribution in [-0.4, -0.2) is 33.7 Å². The van der Waals surface area contributed by atoms with Crippen molar-refractivity contribution in [3.63, 3.8) is 0 Å². The predicted octanol–water partition coefficient (Wildman–Crippen LogP) is 2.70. The van der Waals surface area contributed by atoms with Crippen LogP contribution in [0.2, 0.25) is 0 Å². The minimum atomic E-state index is -0.779. The van der Waals surface area contributed by atoms with Crippen LogP contribution >= 0.6 is 11.8 Å². The van der Waals surface area contributed by atoms with E-state index in [0.29, 0.717) is 11.3 Å². The quantitative estimate of drug-likeness (QED) is 0.359. The summed E-state index contributed by atoms with van der Waals surface area (Å²) in [4.78, 5) is 45.2. The monoisotopic (exact) mass is 443 g/mol. The molecule has 0 bridgehead atoms. The molecule has 0 fully saturated rings. The summed E-state index contributed by atoms with van der Waals surface area (Å²) in [6.07, 6.45) is 0. The van der Waals surface area contributed by atoms with Crippen molar-refractivity contribution >= 4 is 29.5 Å². The maximum absolute atomic E-state index is 12.3. The maximum Gasteiger partial charge on any atom is 0.269 e. The number of nitrogens with zero attached hydrogens (tertiary/aromatic N) is 2. The van der Waals surface area contributed by atoms with Crippen molar-refractivity contribution in [3.05, 3.63) is 52.8 Å². The lowest BCUT2D eigenvalue weighted by molar-refractivity contribution is -0.133. The Morgan fingerprint density at radius 3 is 2.13 bits per heavy atom. The molecule has 3 amide bonds. The van der Waals surface area contributed by atoms with Crippen molar-refractivity contribution in [3.8, 4) is 0 Å². The van der Waals surface area contributed by atoms with E-state index in [1.165, 1.54) is 11.8 Å². The molecule has 0 unspecified atom stereocenters. The summed E-state index contributed by atoms with van der Waals surface area (Å²) in [5.74, 6) is -0.528. The standard InChI is InChI=1S/C22H29N5O3S/c1-13-11-14(2)24-21(23-13)31-12-16-7-9-17(10-8-16)19(29)27-26-18(28)15(3)25-20(30)22(4,5)6/h7-11,15H,12H2,1-6H3,(H,25,30)(H,26,28)(H,27,29)/t15-/m1/s1. The van der Waals surface area contributed by atoms with Gasteiger partial charge in [0.25, 0.3) is 11.8 Å². The highest BCUT2D eigenvalue weighted by Crippen LogP contribution is 2.20. The Morgan fingerprint density at radius 2 is 1.58 bits per heavy atom. The van der Waals surface area contributed by atoms with E-state index in [1.54, 1.807) is 39.8 Å². The molecule has 8 nitrogen and oxygen atoms in total. The zero-order valence-corrected chi connectivity index (χ0v) is 19.5. The molecule has 0 aliphatic heterocycles. The molecule has 0 spiro atoms. The highest BCUT2D eigenvalue weighted by atomic mass is 32.2. The second-order valence-corrected chi connectivity index (χ2v) is 9.25. The molecule has 0 aliphatic rings. The van der Waals surface area contributed by atoms with Crippen molar-refractivity contribution in [2.75, 3.05) is 0 Å². The molecular weight excluding hydrogens is 414 g/mol. The van der Waals surface area contributed by atoms with Gasteiger partial charge in [0, 0.05) is 28.1 Å². The van der Waals surface area contributed by atoms with E-state index in [-0.39, 0.29) is 5.91 Å². The zero-order chi connectivity index (χ0) is 23.2. The van der Waals surface area contributed by atoms with Crippen LogP contribution in [0.5, 0.6) is 0 Å². The first-order valence-corrected chi connectivity index (χ1v) is 10.9. The van der Waals surface area contributed by atoms with Crippen molar-refractivity contribution < 1.29 is 14.4 Å². The Balaban J connectivity index is 1.84. The number of nitrogens with one attached hydrogen (secondary N) is 3. The van der Waals surface area contributed by atoms with Crippen molar-refractivity contribution in [1.82, 2.24) is 26.1 Å². The van der Waals surface area contributed by atoms with Gasteiger partial charge < -0.3 is 5.32 Å². The lowest BCUT2D eigenvalue weighted by atomic mass is 9.95. The number of carbonyl (C=O) groups excluding carboxylic acids is 3. The van der Waals surface area contributed by atoms with Gasteiger partial charge in [-0.2, -0.15) is 0 Å². The molecule has 1 aromatic heterocycles. The summed E-state index contributed by atoms with van der Waals surface area (Å²) >= 11 is 1.53. The van der Waals surface area contributed by atoms with Crippen LogP contribution < -0.4 is 16.2 Å². The zero-order valence-electron chi connectivity index (χ0n) is 18.7. The SMILES string of the molecule is Cc1cc(C)nc(SCc2ccc(C(=O)NNC(=O)[C@@H](C)NC(=O)C(C)(C)C)cc2)n1.